The maximum absolute atomic E-state index is 12.7. The van der Waals surface area contributed by atoms with Crippen molar-refractivity contribution in [2.45, 2.75) is 37.3 Å². The predicted molar refractivity (Wildman–Crippen MR) is 124 cm³/mol. The van der Waals surface area contributed by atoms with Crippen LogP contribution in [0.15, 0.2) is 51.8 Å². The Kier molecular flexibility index (Phi) is 6.10. The third-order valence-electron chi connectivity index (χ3n) is 6.31. The third kappa shape index (κ3) is 4.68. The molecule has 3 aliphatic rings. The number of nitrogens with one attached hydrogen (secondary N) is 1. The largest absolute Gasteiger partial charge is 0.454 e. The van der Waals surface area contributed by atoms with E-state index in [2.05, 4.69) is 9.71 Å². The summed E-state index contributed by atoms with van der Waals surface area (Å²) in [4.78, 5) is 27.2. The molecule has 5 rings (SSSR count). The lowest BCUT2D eigenvalue weighted by atomic mass is 9.96. The van der Waals surface area contributed by atoms with Crippen LogP contribution in [-0.2, 0) is 30.9 Å². The molecule has 184 valence electrons. The van der Waals surface area contributed by atoms with Crippen molar-refractivity contribution in [1.29, 1.82) is 0 Å². The fraction of sp³-hybridized carbons (Fsp3) is 0.375. The van der Waals surface area contributed by atoms with E-state index in [0.717, 1.165) is 5.56 Å². The smallest absolute Gasteiger partial charge is 0.309 e. The van der Waals surface area contributed by atoms with Crippen LogP contribution in [0.5, 0.6) is 11.5 Å². The number of amides is 1. The monoisotopic (exact) mass is 499 g/mol. The number of sulfonamides is 1. The molecule has 1 saturated heterocycles. The molecule has 11 heteroatoms. The quantitative estimate of drug-likeness (QED) is 0.618. The molecule has 1 N–H and O–H groups in total. The number of fused-ring (bicyclic) bond motifs is 2. The molecule has 10 nitrogen and oxygen atoms in total. The molecule has 0 saturated carbocycles. The van der Waals surface area contributed by atoms with Crippen molar-refractivity contribution in [2.24, 2.45) is 10.3 Å². The first-order valence-electron chi connectivity index (χ1n) is 11.4. The fourth-order valence-corrected chi connectivity index (χ4v) is 5.58. The minimum absolute atomic E-state index is 0.178. The Morgan fingerprint density at radius 3 is 2.69 bits per heavy atom. The van der Waals surface area contributed by atoms with Crippen molar-refractivity contribution < 1.29 is 32.2 Å². The molecule has 3 heterocycles. The highest BCUT2D eigenvalue weighted by atomic mass is 32.2. The summed E-state index contributed by atoms with van der Waals surface area (Å²) in [6.07, 6.45) is 0.0165. The molecule has 1 atom stereocenters. The summed E-state index contributed by atoms with van der Waals surface area (Å²) in [6.45, 7) is 2.91. The Morgan fingerprint density at radius 1 is 1.14 bits per heavy atom. The molecule has 0 spiro atoms. The van der Waals surface area contributed by atoms with Crippen molar-refractivity contribution in [3.8, 4) is 11.5 Å². The summed E-state index contributed by atoms with van der Waals surface area (Å²) in [7, 11) is -3.69. The van der Waals surface area contributed by atoms with Crippen LogP contribution in [0.1, 0.15) is 30.9 Å². The Balaban J connectivity index is 1.11. The molecule has 1 unspecified atom stereocenters. The molecule has 2 aromatic carbocycles. The van der Waals surface area contributed by atoms with Gasteiger partial charge in [0.25, 0.3) is 15.9 Å². The van der Waals surface area contributed by atoms with Gasteiger partial charge in [-0.1, -0.05) is 18.2 Å². The molecular weight excluding hydrogens is 474 g/mol. The summed E-state index contributed by atoms with van der Waals surface area (Å²) >= 11 is 0. The predicted octanol–water partition coefficient (Wildman–Crippen LogP) is 1.82. The van der Waals surface area contributed by atoms with E-state index < -0.39 is 28.0 Å². The Labute approximate surface area is 202 Å². The maximum Gasteiger partial charge on any atom is 0.309 e. The lowest BCUT2D eigenvalue weighted by molar-refractivity contribution is -0.159. The molecule has 35 heavy (non-hydrogen) atoms. The Morgan fingerprint density at radius 2 is 1.89 bits per heavy atom. The molecule has 2 aromatic rings. The lowest BCUT2D eigenvalue weighted by Gasteiger charge is -2.32. The van der Waals surface area contributed by atoms with Crippen molar-refractivity contribution in [3.63, 3.8) is 0 Å². The number of piperidine rings is 1. The van der Waals surface area contributed by atoms with Crippen molar-refractivity contribution >= 4 is 27.7 Å². The first-order chi connectivity index (χ1) is 16.8. The van der Waals surface area contributed by atoms with Crippen LogP contribution < -0.4 is 14.8 Å². The normalized spacial score (nSPS) is 19.0. The van der Waals surface area contributed by atoms with Gasteiger partial charge in [0.2, 0.25) is 6.79 Å². The number of hydrogen-bond acceptors (Lipinski definition) is 8. The van der Waals surface area contributed by atoms with Gasteiger partial charge >= 0.3 is 5.97 Å². The fourth-order valence-electron chi connectivity index (χ4n) is 4.35. The van der Waals surface area contributed by atoms with E-state index in [9.17, 15) is 18.0 Å². The second-order valence-electron chi connectivity index (χ2n) is 8.63. The van der Waals surface area contributed by atoms with Crippen molar-refractivity contribution in [3.05, 3.63) is 53.6 Å². The van der Waals surface area contributed by atoms with Crippen LogP contribution in [0.25, 0.3) is 0 Å². The lowest BCUT2D eigenvalue weighted by Crippen LogP contribution is -2.42. The van der Waals surface area contributed by atoms with E-state index in [1.165, 1.54) is 6.92 Å². The molecule has 0 aromatic heterocycles. The van der Waals surface area contributed by atoms with Gasteiger partial charge in [0, 0.05) is 25.2 Å². The number of rotatable bonds is 5. The number of esters is 1. The van der Waals surface area contributed by atoms with E-state index in [1.54, 1.807) is 36.4 Å². The average Bonchev–Trinajstić information content (AvgIpc) is 3.44. The number of carbonyl (C=O) groups is 2. The topological polar surface area (TPSA) is 124 Å². The molecule has 1 fully saturated rings. The standard InChI is InChI=1S/C24H25N3O7S/c1-15(23(28)25-13-16-6-7-19-20(12-16)33-14-32-19)34-24(29)17-8-10-27(11-9-17)22-18-4-2-3-5-21(18)35(30,31)26-22/h2-7,12,15,17H,8-11,13-14H2,1H3,(H,25,28). The van der Waals surface area contributed by atoms with Crippen molar-refractivity contribution in [2.75, 3.05) is 19.9 Å². The zero-order valence-electron chi connectivity index (χ0n) is 19.1. The molecule has 1 amide bonds. The number of hydrogen-bond donors (Lipinski definition) is 1. The van der Waals surface area contributed by atoms with Gasteiger partial charge in [0.15, 0.2) is 23.4 Å². The second-order valence-corrected chi connectivity index (χ2v) is 10.2. The van der Waals surface area contributed by atoms with Crippen LogP contribution in [0.4, 0.5) is 0 Å². The molecule has 0 aliphatic carbocycles. The van der Waals surface area contributed by atoms with Crippen molar-refractivity contribution in [1.82, 2.24) is 10.2 Å². The van der Waals surface area contributed by atoms with E-state index in [4.69, 9.17) is 14.2 Å². The first kappa shape index (κ1) is 23.2. The Bertz CT molecular complexity index is 1300. The number of carbonyl (C=O) groups excluding carboxylic acids is 2. The number of likely N-dealkylation sites (tertiary alicyclic amines) is 1. The minimum atomic E-state index is -3.69. The highest BCUT2D eigenvalue weighted by molar-refractivity contribution is 7.90. The van der Waals surface area contributed by atoms with E-state index >= 15 is 0 Å². The van der Waals surface area contributed by atoms with E-state index in [1.807, 2.05) is 11.0 Å². The molecule has 0 radical (unpaired) electrons. The van der Waals surface area contributed by atoms with E-state index in [-0.39, 0.29) is 24.2 Å². The van der Waals surface area contributed by atoms with Gasteiger partial charge in [-0.2, -0.15) is 8.42 Å². The van der Waals surface area contributed by atoms with E-state index in [0.29, 0.717) is 48.8 Å². The summed E-state index contributed by atoms with van der Waals surface area (Å²) < 4.78 is 44.6. The minimum Gasteiger partial charge on any atom is -0.454 e. The zero-order chi connectivity index (χ0) is 24.6. The molecule has 0 bridgehead atoms. The Hall–Kier alpha value is -3.60. The number of nitrogens with zero attached hydrogens (tertiary/aromatic N) is 2. The van der Waals surface area contributed by atoms with Gasteiger partial charge in [-0.05, 0) is 49.6 Å². The third-order valence-corrected chi connectivity index (χ3v) is 7.63. The average molecular weight is 500 g/mol. The van der Waals surface area contributed by atoms with Crippen LogP contribution in [-0.4, -0.2) is 57.0 Å². The summed E-state index contributed by atoms with van der Waals surface area (Å²) in [5, 5.41) is 2.77. The summed E-state index contributed by atoms with van der Waals surface area (Å²) in [6, 6.07) is 12.1. The maximum atomic E-state index is 12.7. The number of benzene rings is 2. The van der Waals surface area contributed by atoms with Crippen LogP contribution >= 0.6 is 0 Å². The summed E-state index contributed by atoms with van der Waals surface area (Å²) in [5.41, 5.74) is 1.42. The molecule has 3 aliphatic heterocycles. The van der Waals surface area contributed by atoms with Crippen LogP contribution in [0.3, 0.4) is 0 Å². The summed E-state index contributed by atoms with van der Waals surface area (Å²) in [5.74, 6) is 0.520. The highest BCUT2D eigenvalue weighted by Gasteiger charge is 2.35. The zero-order valence-corrected chi connectivity index (χ0v) is 19.9. The van der Waals surface area contributed by atoms with Crippen LogP contribution in [0.2, 0.25) is 0 Å². The first-order valence-corrected chi connectivity index (χ1v) is 12.8. The number of amidine groups is 1. The SMILES string of the molecule is CC(OC(=O)C1CCN(C2=NS(=O)(=O)c3ccccc32)CC1)C(=O)NCc1ccc2c(c1)OCO2. The van der Waals surface area contributed by atoms with Gasteiger partial charge in [0.05, 0.1) is 5.92 Å². The second kappa shape index (κ2) is 9.21. The van der Waals surface area contributed by atoms with Gasteiger partial charge in [-0.25, -0.2) is 0 Å². The number of ether oxygens (including phenoxy) is 3. The van der Waals surface area contributed by atoms with Gasteiger partial charge in [-0.15, -0.1) is 4.40 Å². The molecular formula is C24H25N3O7S. The van der Waals surface area contributed by atoms with Crippen LogP contribution in [0, 0.1) is 5.92 Å². The van der Waals surface area contributed by atoms with Gasteiger partial charge in [-0.3, -0.25) is 9.59 Å². The highest BCUT2D eigenvalue weighted by Crippen LogP contribution is 2.32. The van der Waals surface area contributed by atoms with Gasteiger partial charge < -0.3 is 24.4 Å². The van der Waals surface area contributed by atoms with Gasteiger partial charge in [0.1, 0.15) is 4.90 Å².